The van der Waals surface area contributed by atoms with Gasteiger partial charge in [-0.25, -0.2) is 4.79 Å². The minimum atomic E-state index is -0.485. The van der Waals surface area contributed by atoms with Gasteiger partial charge in [-0.05, 0) is 5.92 Å². The van der Waals surface area contributed by atoms with Crippen LogP contribution in [0.1, 0.15) is 13.8 Å². The van der Waals surface area contributed by atoms with E-state index in [0.717, 1.165) is 0 Å². The van der Waals surface area contributed by atoms with E-state index in [9.17, 15) is 9.59 Å². The van der Waals surface area contributed by atoms with Gasteiger partial charge in [0.05, 0.1) is 7.11 Å². The zero-order chi connectivity index (χ0) is 8.85. The summed E-state index contributed by atoms with van der Waals surface area (Å²) in [6.07, 6.45) is 1.87. The summed E-state index contributed by atoms with van der Waals surface area (Å²) in [5.74, 6) is -0.424. The van der Waals surface area contributed by atoms with Gasteiger partial charge in [0, 0.05) is 11.6 Å². The number of allylic oxidation sites excluding steroid dienone is 1. The van der Waals surface area contributed by atoms with Crippen LogP contribution in [0.4, 0.5) is 0 Å². The molecule has 0 aromatic carbocycles. The second kappa shape index (κ2) is 4.66. The average Bonchev–Trinajstić information content (AvgIpc) is 1.99. The number of carbonyl (C=O) groups is 2. The Morgan fingerprint density at radius 2 is 2.00 bits per heavy atom. The van der Waals surface area contributed by atoms with Crippen molar-refractivity contribution in [3.8, 4) is 0 Å². The summed E-state index contributed by atoms with van der Waals surface area (Å²) < 4.78 is 4.36. The van der Waals surface area contributed by atoms with Gasteiger partial charge in [-0.1, -0.05) is 13.8 Å². The summed E-state index contributed by atoms with van der Waals surface area (Å²) in [5, 5.41) is 0. The maximum absolute atomic E-state index is 10.6. The molecule has 0 aliphatic carbocycles. The van der Waals surface area contributed by atoms with Gasteiger partial charge in [0.2, 0.25) is 0 Å². The van der Waals surface area contributed by atoms with Gasteiger partial charge < -0.3 is 4.74 Å². The van der Waals surface area contributed by atoms with E-state index in [1.54, 1.807) is 0 Å². The lowest BCUT2D eigenvalue weighted by atomic mass is 10.1. The molecule has 11 heavy (non-hydrogen) atoms. The fraction of sp³-hybridized carbons (Fsp3) is 0.500. The fourth-order valence-corrected chi connectivity index (χ4v) is 0.532. The Balaban J connectivity index is 4.35. The maximum Gasteiger partial charge on any atom is 0.330 e. The van der Waals surface area contributed by atoms with Crippen molar-refractivity contribution in [3.63, 3.8) is 0 Å². The van der Waals surface area contributed by atoms with E-state index in [1.807, 2.05) is 13.8 Å². The molecule has 0 aliphatic rings. The average molecular weight is 156 g/mol. The highest BCUT2D eigenvalue weighted by molar-refractivity contribution is 5.89. The quantitative estimate of drug-likeness (QED) is 0.347. The smallest absolute Gasteiger partial charge is 0.330 e. The summed E-state index contributed by atoms with van der Waals surface area (Å²) in [4.78, 5) is 20.9. The van der Waals surface area contributed by atoms with Crippen molar-refractivity contribution in [2.75, 3.05) is 7.11 Å². The second-order valence-corrected chi connectivity index (χ2v) is 2.44. The lowest BCUT2D eigenvalue weighted by Gasteiger charge is -2.01. The van der Waals surface area contributed by atoms with Crippen molar-refractivity contribution in [1.82, 2.24) is 0 Å². The standard InChI is InChI=1S/C8H12O3/c1-6(2)7(5-9)4-8(10)11-3/h4-6H,1-3H3/b7-4+. The van der Waals surface area contributed by atoms with E-state index >= 15 is 0 Å². The predicted octanol–water partition coefficient (Wildman–Crippen LogP) is 0.941. The van der Waals surface area contributed by atoms with E-state index in [0.29, 0.717) is 11.9 Å². The Hall–Kier alpha value is -1.12. The van der Waals surface area contributed by atoms with Crippen LogP contribution in [0, 0.1) is 5.92 Å². The monoisotopic (exact) mass is 156 g/mol. The molecule has 0 aliphatic heterocycles. The number of hydrogen-bond donors (Lipinski definition) is 0. The van der Waals surface area contributed by atoms with Crippen molar-refractivity contribution >= 4 is 12.3 Å². The third-order valence-corrected chi connectivity index (χ3v) is 1.29. The summed E-state index contributed by atoms with van der Waals surface area (Å²) in [6, 6.07) is 0. The third-order valence-electron chi connectivity index (χ3n) is 1.29. The molecule has 3 nitrogen and oxygen atoms in total. The van der Waals surface area contributed by atoms with Gasteiger partial charge in [0.15, 0.2) is 0 Å². The fourth-order valence-electron chi connectivity index (χ4n) is 0.532. The van der Waals surface area contributed by atoms with E-state index < -0.39 is 5.97 Å². The predicted molar refractivity (Wildman–Crippen MR) is 41.0 cm³/mol. The normalized spacial score (nSPS) is 11.5. The molecule has 0 radical (unpaired) electrons. The Bertz CT molecular complexity index is 180. The number of aldehydes is 1. The van der Waals surface area contributed by atoms with Gasteiger partial charge in [-0.15, -0.1) is 0 Å². The molecule has 0 bridgehead atoms. The van der Waals surface area contributed by atoms with Crippen LogP contribution < -0.4 is 0 Å². The second-order valence-electron chi connectivity index (χ2n) is 2.44. The van der Waals surface area contributed by atoms with Gasteiger partial charge in [0.1, 0.15) is 6.29 Å². The number of esters is 1. The number of ether oxygens (including phenoxy) is 1. The molecule has 0 spiro atoms. The van der Waals surface area contributed by atoms with Gasteiger partial charge >= 0.3 is 5.97 Å². The van der Waals surface area contributed by atoms with E-state index in [2.05, 4.69) is 4.74 Å². The summed E-state index contributed by atoms with van der Waals surface area (Å²) in [5.41, 5.74) is 0.455. The highest BCUT2D eigenvalue weighted by Crippen LogP contribution is 2.05. The molecule has 0 aromatic rings. The van der Waals surface area contributed by atoms with Crippen molar-refractivity contribution in [2.24, 2.45) is 5.92 Å². The largest absolute Gasteiger partial charge is 0.466 e. The van der Waals surface area contributed by atoms with Gasteiger partial charge in [0.25, 0.3) is 0 Å². The molecular weight excluding hydrogens is 144 g/mol. The zero-order valence-corrected chi connectivity index (χ0v) is 6.96. The van der Waals surface area contributed by atoms with Crippen LogP contribution in [0.3, 0.4) is 0 Å². The van der Waals surface area contributed by atoms with Crippen molar-refractivity contribution in [3.05, 3.63) is 11.6 Å². The number of rotatable bonds is 3. The van der Waals surface area contributed by atoms with E-state index in [1.165, 1.54) is 13.2 Å². The molecule has 0 saturated heterocycles. The molecule has 0 rings (SSSR count). The van der Waals surface area contributed by atoms with Crippen LogP contribution in [-0.2, 0) is 14.3 Å². The lowest BCUT2D eigenvalue weighted by molar-refractivity contribution is -0.135. The highest BCUT2D eigenvalue weighted by atomic mass is 16.5. The van der Waals surface area contributed by atoms with Crippen LogP contribution in [0.2, 0.25) is 0 Å². The highest BCUT2D eigenvalue weighted by Gasteiger charge is 2.04. The molecule has 0 heterocycles. The van der Waals surface area contributed by atoms with Crippen molar-refractivity contribution < 1.29 is 14.3 Å². The summed E-state index contributed by atoms with van der Waals surface area (Å²) in [6.45, 7) is 3.67. The third kappa shape index (κ3) is 3.55. The molecule has 0 atom stereocenters. The zero-order valence-electron chi connectivity index (χ0n) is 6.96. The SMILES string of the molecule is COC(=O)/C=C(\C=O)C(C)C. The minimum Gasteiger partial charge on any atom is -0.466 e. The minimum absolute atomic E-state index is 0.0617. The molecule has 0 fully saturated rings. The molecule has 0 saturated carbocycles. The Labute approximate surface area is 66.0 Å². The molecule has 0 aromatic heterocycles. The Morgan fingerprint density at radius 3 is 2.27 bits per heavy atom. The molecule has 3 heteroatoms. The Kier molecular flexibility index (Phi) is 4.18. The molecule has 0 N–H and O–H groups in total. The first-order chi connectivity index (χ1) is 5.11. The van der Waals surface area contributed by atoms with Crippen LogP contribution in [-0.4, -0.2) is 19.4 Å². The van der Waals surface area contributed by atoms with Crippen LogP contribution in [0.15, 0.2) is 11.6 Å². The van der Waals surface area contributed by atoms with Gasteiger partial charge in [-0.2, -0.15) is 0 Å². The van der Waals surface area contributed by atoms with Crippen molar-refractivity contribution in [2.45, 2.75) is 13.8 Å². The summed E-state index contributed by atoms with van der Waals surface area (Å²) in [7, 11) is 1.28. The number of hydrogen-bond acceptors (Lipinski definition) is 3. The van der Waals surface area contributed by atoms with Crippen LogP contribution in [0.25, 0.3) is 0 Å². The summed E-state index contributed by atoms with van der Waals surface area (Å²) >= 11 is 0. The van der Waals surface area contributed by atoms with Crippen LogP contribution >= 0.6 is 0 Å². The lowest BCUT2D eigenvalue weighted by Crippen LogP contribution is -2.02. The number of methoxy groups -OCH3 is 1. The molecule has 0 amide bonds. The molecular formula is C8H12O3. The first-order valence-corrected chi connectivity index (χ1v) is 3.36. The molecule has 0 unspecified atom stereocenters. The Morgan fingerprint density at radius 1 is 1.45 bits per heavy atom. The van der Waals surface area contributed by atoms with Gasteiger partial charge in [-0.3, -0.25) is 4.79 Å². The van der Waals surface area contributed by atoms with E-state index in [-0.39, 0.29) is 5.92 Å². The van der Waals surface area contributed by atoms with Crippen LogP contribution in [0.5, 0.6) is 0 Å². The first-order valence-electron chi connectivity index (χ1n) is 3.36. The maximum atomic E-state index is 10.6. The topological polar surface area (TPSA) is 43.4 Å². The molecule has 62 valence electrons. The van der Waals surface area contributed by atoms with E-state index in [4.69, 9.17) is 0 Å². The number of carbonyl (C=O) groups excluding carboxylic acids is 2. The first kappa shape index (κ1) is 9.88. The van der Waals surface area contributed by atoms with Crippen molar-refractivity contribution in [1.29, 1.82) is 0 Å².